The van der Waals surface area contributed by atoms with Gasteiger partial charge in [-0.15, -0.1) is 0 Å². The first-order valence-electron chi connectivity index (χ1n) is 7.45. The van der Waals surface area contributed by atoms with Gasteiger partial charge in [-0.1, -0.05) is 6.92 Å². The number of halogens is 1. The summed E-state index contributed by atoms with van der Waals surface area (Å²) in [7, 11) is 2.04. The van der Waals surface area contributed by atoms with Gasteiger partial charge in [-0.2, -0.15) is 0 Å². The molecular formula is C16H27FN2O. The van der Waals surface area contributed by atoms with Crippen LogP contribution in [-0.2, 0) is 0 Å². The molecule has 3 nitrogen and oxygen atoms in total. The second kappa shape index (κ2) is 8.93. The average molecular weight is 282 g/mol. The molecule has 1 atom stereocenters. The fraction of sp³-hybridized carbons (Fsp3) is 0.625. The van der Waals surface area contributed by atoms with E-state index in [1.807, 2.05) is 20.0 Å². The van der Waals surface area contributed by atoms with Crippen molar-refractivity contribution in [2.75, 3.05) is 31.6 Å². The van der Waals surface area contributed by atoms with Crippen LogP contribution in [0.2, 0.25) is 0 Å². The maximum Gasteiger partial charge on any atom is 0.123 e. The molecule has 4 heteroatoms. The largest absolute Gasteiger partial charge is 0.396 e. The van der Waals surface area contributed by atoms with E-state index >= 15 is 0 Å². The van der Waals surface area contributed by atoms with Crippen LogP contribution in [-0.4, -0.2) is 31.9 Å². The van der Waals surface area contributed by atoms with Gasteiger partial charge in [-0.3, -0.25) is 0 Å². The van der Waals surface area contributed by atoms with Crippen molar-refractivity contribution in [1.29, 1.82) is 0 Å². The predicted molar refractivity (Wildman–Crippen MR) is 82.7 cm³/mol. The minimum Gasteiger partial charge on any atom is -0.396 e. The summed E-state index contributed by atoms with van der Waals surface area (Å²) in [6.07, 6.45) is 2.89. The third-order valence-electron chi connectivity index (χ3n) is 3.53. The van der Waals surface area contributed by atoms with Gasteiger partial charge in [0.1, 0.15) is 5.82 Å². The van der Waals surface area contributed by atoms with E-state index in [0.29, 0.717) is 0 Å². The first-order valence-corrected chi connectivity index (χ1v) is 7.45. The highest BCUT2D eigenvalue weighted by atomic mass is 19.1. The zero-order valence-electron chi connectivity index (χ0n) is 12.8. The smallest absolute Gasteiger partial charge is 0.123 e. The van der Waals surface area contributed by atoms with Crippen molar-refractivity contribution in [3.8, 4) is 0 Å². The SMILES string of the molecule is CCNC(C)c1cc(F)ccc1N(C)CCCCCO. The number of aliphatic hydroxyl groups is 1. The summed E-state index contributed by atoms with van der Waals surface area (Å²) in [5, 5.41) is 12.1. The van der Waals surface area contributed by atoms with Crippen LogP contribution in [0.15, 0.2) is 18.2 Å². The summed E-state index contributed by atoms with van der Waals surface area (Å²) in [6.45, 7) is 6.13. The van der Waals surface area contributed by atoms with Crippen LogP contribution < -0.4 is 10.2 Å². The highest BCUT2D eigenvalue weighted by molar-refractivity contribution is 5.54. The summed E-state index contributed by atoms with van der Waals surface area (Å²) >= 11 is 0. The van der Waals surface area contributed by atoms with Crippen molar-refractivity contribution in [3.05, 3.63) is 29.6 Å². The Kier molecular flexibility index (Phi) is 7.55. The van der Waals surface area contributed by atoms with E-state index < -0.39 is 0 Å². The summed E-state index contributed by atoms with van der Waals surface area (Å²) in [6, 6.07) is 5.12. The van der Waals surface area contributed by atoms with Crippen molar-refractivity contribution >= 4 is 5.69 Å². The molecule has 2 N–H and O–H groups in total. The van der Waals surface area contributed by atoms with Crippen LogP contribution in [0.3, 0.4) is 0 Å². The summed E-state index contributed by atoms with van der Waals surface area (Å²) < 4.78 is 13.5. The van der Waals surface area contributed by atoms with Gasteiger partial charge in [0, 0.05) is 31.9 Å². The maximum absolute atomic E-state index is 13.5. The van der Waals surface area contributed by atoms with Gasteiger partial charge < -0.3 is 15.3 Å². The van der Waals surface area contributed by atoms with Crippen LogP contribution in [0.25, 0.3) is 0 Å². The first-order chi connectivity index (χ1) is 9.60. The Morgan fingerprint density at radius 3 is 2.70 bits per heavy atom. The highest BCUT2D eigenvalue weighted by Crippen LogP contribution is 2.27. The Labute approximate surface area is 121 Å². The van der Waals surface area contributed by atoms with E-state index in [2.05, 4.69) is 17.1 Å². The molecular weight excluding hydrogens is 255 g/mol. The molecule has 1 rings (SSSR count). The van der Waals surface area contributed by atoms with E-state index in [4.69, 9.17) is 5.11 Å². The zero-order valence-corrected chi connectivity index (χ0v) is 12.8. The minimum absolute atomic E-state index is 0.130. The molecule has 114 valence electrons. The molecule has 0 bridgehead atoms. The first kappa shape index (κ1) is 16.9. The lowest BCUT2D eigenvalue weighted by Gasteiger charge is -2.25. The molecule has 0 aliphatic heterocycles. The Bertz CT molecular complexity index is 398. The Morgan fingerprint density at radius 2 is 2.05 bits per heavy atom. The van der Waals surface area contributed by atoms with Gasteiger partial charge in [-0.05, 0) is 56.5 Å². The number of aliphatic hydroxyl groups excluding tert-OH is 1. The molecule has 0 spiro atoms. The lowest BCUT2D eigenvalue weighted by molar-refractivity contribution is 0.283. The van der Waals surface area contributed by atoms with E-state index in [9.17, 15) is 4.39 Å². The Balaban J connectivity index is 2.76. The third-order valence-corrected chi connectivity index (χ3v) is 3.53. The highest BCUT2D eigenvalue weighted by Gasteiger charge is 2.13. The molecule has 0 aliphatic rings. The number of anilines is 1. The molecule has 1 unspecified atom stereocenters. The van der Waals surface area contributed by atoms with Gasteiger partial charge in [0.05, 0.1) is 0 Å². The molecule has 1 aromatic carbocycles. The van der Waals surface area contributed by atoms with E-state index in [0.717, 1.165) is 43.6 Å². The molecule has 0 aromatic heterocycles. The average Bonchev–Trinajstić information content (AvgIpc) is 2.43. The number of rotatable bonds is 9. The van der Waals surface area contributed by atoms with Crippen molar-refractivity contribution < 1.29 is 9.50 Å². The molecule has 20 heavy (non-hydrogen) atoms. The number of benzene rings is 1. The normalized spacial score (nSPS) is 12.4. The molecule has 0 saturated heterocycles. The summed E-state index contributed by atoms with van der Waals surface area (Å²) in [5.41, 5.74) is 2.07. The van der Waals surface area contributed by atoms with Crippen LogP contribution in [0.1, 0.15) is 44.7 Å². The van der Waals surface area contributed by atoms with Crippen LogP contribution in [0.5, 0.6) is 0 Å². The minimum atomic E-state index is -0.192. The second-order valence-corrected chi connectivity index (χ2v) is 5.19. The van der Waals surface area contributed by atoms with E-state index in [1.165, 1.54) is 6.07 Å². The molecule has 0 aliphatic carbocycles. The van der Waals surface area contributed by atoms with Gasteiger partial charge >= 0.3 is 0 Å². The lowest BCUT2D eigenvalue weighted by Crippen LogP contribution is -2.24. The molecule has 0 radical (unpaired) electrons. The lowest BCUT2D eigenvalue weighted by atomic mass is 10.0. The third kappa shape index (κ3) is 5.10. The van der Waals surface area contributed by atoms with Crippen LogP contribution in [0, 0.1) is 5.82 Å². The summed E-state index contributed by atoms with van der Waals surface area (Å²) in [4.78, 5) is 2.17. The summed E-state index contributed by atoms with van der Waals surface area (Å²) in [5.74, 6) is -0.192. The monoisotopic (exact) mass is 282 g/mol. The van der Waals surface area contributed by atoms with Crippen molar-refractivity contribution in [2.45, 2.75) is 39.2 Å². The maximum atomic E-state index is 13.5. The number of hydrogen-bond donors (Lipinski definition) is 2. The van der Waals surface area contributed by atoms with Crippen molar-refractivity contribution in [2.24, 2.45) is 0 Å². The molecule has 0 saturated carbocycles. The molecule has 0 amide bonds. The van der Waals surface area contributed by atoms with Gasteiger partial charge in [0.2, 0.25) is 0 Å². The second-order valence-electron chi connectivity index (χ2n) is 5.19. The van der Waals surface area contributed by atoms with Crippen LogP contribution in [0.4, 0.5) is 10.1 Å². The van der Waals surface area contributed by atoms with Gasteiger partial charge in [-0.25, -0.2) is 4.39 Å². The topological polar surface area (TPSA) is 35.5 Å². The Morgan fingerprint density at radius 1 is 1.30 bits per heavy atom. The number of nitrogens with one attached hydrogen (secondary N) is 1. The fourth-order valence-electron chi connectivity index (χ4n) is 2.39. The molecule has 1 aromatic rings. The fourth-order valence-corrected chi connectivity index (χ4v) is 2.39. The Hall–Kier alpha value is -1.13. The van der Waals surface area contributed by atoms with E-state index in [-0.39, 0.29) is 18.5 Å². The molecule has 0 heterocycles. The molecule has 0 fully saturated rings. The standard InChI is InChI=1S/C16H27FN2O/c1-4-18-13(2)15-12-14(17)8-9-16(15)19(3)10-6-5-7-11-20/h8-9,12-13,18,20H,4-7,10-11H2,1-3H3. The van der Waals surface area contributed by atoms with Gasteiger partial charge in [0.15, 0.2) is 0 Å². The number of nitrogens with zero attached hydrogens (tertiary/aromatic N) is 1. The quantitative estimate of drug-likeness (QED) is 0.683. The van der Waals surface area contributed by atoms with Gasteiger partial charge in [0.25, 0.3) is 0 Å². The number of unbranched alkanes of at least 4 members (excludes halogenated alkanes) is 2. The predicted octanol–water partition coefficient (Wildman–Crippen LogP) is 3.10. The zero-order chi connectivity index (χ0) is 15.0. The van der Waals surface area contributed by atoms with Crippen molar-refractivity contribution in [1.82, 2.24) is 5.32 Å². The van der Waals surface area contributed by atoms with E-state index in [1.54, 1.807) is 6.07 Å². The number of hydrogen-bond acceptors (Lipinski definition) is 3. The van der Waals surface area contributed by atoms with Crippen molar-refractivity contribution in [3.63, 3.8) is 0 Å². The van der Waals surface area contributed by atoms with Crippen LogP contribution >= 0.6 is 0 Å².